The van der Waals surface area contributed by atoms with E-state index in [1.165, 1.54) is 12.1 Å². The first-order valence-corrected chi connectivity index (χ1v) is 6.93. The highest BCUT2D eigenvalue weighted by Gasteiger charge is 2.16. The van der Waals surface area contributed by atoms with Crippen LogP contribution in [-0.2, 0) is 0 Å². The summed E-state index contributed by atoms with van der Waals surface area (Å²) in [6, 6.07) is 9.05. The Kier molecular flexibility index (Phi) is 3.58. The zero-order valence-corrected chi connectivity index (χ0v) is 12.2. The molecule has 0 bridgehead atoms. The molecule has 0 aliphatic rings. The number of hydrogen-bond acceptors (Lipinski definition) is 4. The number of fused-ring (bicyclic) bond motifs is 1. The fraction of sp³-hybridized carbons (Fsp3) is 0.188. The molecular weight excluding hydrogens is 283 g/mol. The molecule has 0 aliphatic heterocycles. The number of imidazole rings is 1. The summed E-state index contributed by atoms with van der Waals surface area (Å²) < 4.78 is 14.6. The van der Waals surface area contributed by atoms with Crippen molar-refractivity contribution in [1.82, 2.24) is 9.38 Å². The van der Waals surface area contributed by atoms with Crippen LogP contribution < -0.4 is 0 Å². The van der Waals surface area contributed by atoms with Crippen LogP contribution in [-0.4, -0.2) is 14.5 Å². The lowest BCUT2D eigenvalue weighted by Crippen LogP contribution is -1.87. The Labute approximate surface area is 126 Å². The van der Waals surface area contributed by atoms with Crippen molar-refractivity contribution >= 4 is 17.2 Å². The van der Waals surface area contributed by atoms with Crippen LogP contribution in [0.25, 0.3) is 5.65 Å². The molecule has 2 aromatic heterocycles. The lowest BCUT2D eigenvalue weighted by atomic mass is 10.1. The van der Waals surface area contributed by atoms with Crippen molar-refractivity contribution < 1.29 is 9.50 Å². The maximum absolute atomic E-state index is 12.9. The van der Waals surface area contributed by atoms with Crippen molar-refractivity contribution in [3.05, 3.63) is 54.1 Å². The third-order valence-electron chi connectivity index (χ3n) is 3.26. The predicted octanol–water partition coefficient (Wildman–Crippen LogP) is 4.72. The second-order valence-corrected chi connectivity index (χ2v) is 5.24. The molecular formula is C16H15FN4O. The van der Waals surface area contributed by atoms with E-state index in [0.29, 0.717) is 17.2 Å². The molecule has 0 saturated carbocycles. The van der Waals surface area contributed by atoms with Crippen LogP contribution in [0.5, 0.6) is 5.75 Å². The number of benzene rings is 1. The molecule has 112 valence electrons. The van der Waals surface area contributed by atoms with Gasteiger partial charge in [-0.3, -0.25) is 4.40 Å². The van der Waals surface area contributed by atoms with Gasteiger partial charge in [-0.05, 0) is 42.3 Å². The maximum Gasteiger partial charge on any atom is 0.183 e. The third-order valence-corrected chi connectivity index (χ3v) is 3.26. The van der Waals surface area contributed by atoms with Crippen LogP contribution >= 0.6 is 0 Å². The summed E-state index contributed by atoms with van der Waals surface area (Å²) in [4.78, 5) is 4.44. The Morgan fingerprint density at radius 2 is 1.86 bits per heavy atom. The molecule has 5 nitrogen and oxygen atoms in total. The highest BCUT2D eigenvalue weighted by Crippen LogP contribution is 2.32. The summed E-state index contributed by atoms with van der Waals surface area (Å²) in [6.45, 7) is 3.99. The first-order chi connectivity index (χ1) is 10.6. The summed E-state index contributed by atoms with van der Waals surface area (Å²) in [6.07, 6.45) is 1.77. The molecule has 0 amide bonds. The van der Waals surface area contributed by atoms with Crippen LogP contribution in [0.4, 0.5) is 15.9 Å². The van der Waals surface area contributed by atoms with Crippen LogP contribution in [0.1, 0.15) is 25.5 Å². The van der Waals surface area contributed by atoms with Gasteiger partial charge in [-0.25, -0.2) is 9.37 Å². The van der Waals surface area contributed by atoms with Crippen molar-refractivity contribution in [2.24, 2.45) is 10.2 Å². The molecule has 6 heteroatoms. The minimum Gasteiger partial charge on any atom is -0.504 e. The molecule has 0 spiro atoms. The SMILES string of the molecule is CC(C)c1nc2c(O)cccn2c1N=Nc1ccc(F)cc1. The van der Waals surface area contributed by atoms with Gasteiger partial charge < -0.3 is 5.11 Å². The molecule has 2 heterocycles. The van der Waals surface area contributed by atoms with Crippen LogP contribution in [0.3, 0.4) is 0 Å². The molecule has 0 radical (unpaired) electrons. The monoisotopic (exact) mass is 298 g/mol. The van der Waals surface area contributed by atoms with Gasteiger partial charge in [0.2, 0.25) is 0 Å². The summed E-state index contributed by atoms with van der Waals surface area (Å²) in [5, 5.41) is 18.3. The number of aromatic nitrogens is 2. The van der Waals surface area contributed by atoms with E-state index in [4.69, 9.17) is 0 Å². The van der Waals surface area contributed by atoms with Gasteiger partial charge >= 0.3 is 0 Å². The van der Waals surface area contributed by atoms with Gasteiger partial charge in [-0.1, -0.05) is 13.8 Å². The van der Waals surface area contributed by atoms with Crippen molar-refractivity contribution in [3.63, 3.8) is 0 Å². The maximum atomic E-state index is 12.9. The minimum atomic E-state index is -0.318. The molecule has 0 saturated heterocycles. The number of aromatic hydroxyl groups is 1. The Morgan fingerprint density at radius 3 is 2.55 bits per heavy atom. The van der Waals surface area contributed by atoms with E-state index in [1.807, 2.05) is 13.8 Å². The number of halogens is 1. The quantitative estimate of drug-likeness (QED) is 0.711. The summed E-state index contributed by atoms with van der Waals surface area (Å²) in [7, 11) is 0. The molecule has 3 rings (SSSR count). The van der Waals surface area contributed by atoms with Gasteiger partial charge in [0.15, 0.2) is 17.2 Å². The van der Waals surface area contributed by atoms with E-state index in [0.717, 1.165) is 5.69 Å². The number of hydrogen-bond donors (Lipinski definition) is 1. The topological polar surface area (TPSA) is 62.2 Å². The Hall–Kier alpha value is -2.76. The normalized spacial score (nSPS) is 11.8. The molecule has 3 aromatic rings. The summed E-state index contributed by atoms with van der Waals surface area (Å²) >= 11 is 0. The van der Waals surface area contributed by atoms with Crippen LogP contribution in [0.15, 0.2) is 52.8 Å². The number of nitrogens with zero attached hydrogens (tertiary/aromatic N) is 4. The van der Waals surface area contributed by atoms with Gasteiger partial charge in [-0.15, -0.1) is 10.2 Å². The van der Waals surface area contributed by atoms with Crippen LogP contribution in [0, 0.1) is 5.82 Å². The Morgan fingerprint density at radius 1 is 1.14 bits per heavy atom. The Bertz CT molecular complexity index is 837. The van der Waals surface area contributed by atoms with Gasteiger partial charge in [0, 0.05) is 6.20 Å². The third kappa shape index (κ3) is 2.55. The average Bonchev–Trinajstić information content (AvgIpc) is 2.87. The molecule has 0 fully saturated rings. The molecule has 1 aromatic carbocycles. The standard InChI is InChI=1S/C16H15FN4O/c1-10(2)14-16(20-19-12-7-5-11(17)6-8-12)21-9-3-4-13(22)15(21)18-14/h3-10,22H,1-2H3. The van der Waals surface area contributed by atoms with E-state index in [1.54, 1.807) is 34.9 Å². The first-order valence-electron chi connectivity index (χ1n) is 6.93. The molecule has 22 heavy (non-hydrogen) atoms. The summed E-state index contributed by atoms with van der Waals surface area (Å²) in [5.41, 5.74) is 1.73. The zero-order chi connectivity index (χ0) is 15.7. The second-order valence-electron chi connectivity index (χ2n) is 5.24. The van der Waals surface area contributed by atoms with E-state index < -0.39 is 0 Å². The average molecular weight is 298 g/mol. The van der Waals surface area contributed by atoms with Gasteiger partial charge in [0.25, 0.3) is 0 Å². The second kappa shape index (κ2) is 5.55. The molecule has 0 aliphatic carbocycles. The van der Waals surface area contributed by atoms with Crippen molar-refractivity contribution in [2.45, 2.75) is 19.8 Å². The minimum absolute atomic E-state index is 0.0904. The Balaban J connectivity index is 2.10. The van der Waals surface area contributed by atoms with E-state index in [2.05, 4.69) is 15.2 Å². The predicted molar refractivity (Wildman–Crippen MR) is 81.5 cm³/mol. The number of pyridine rings is 1. The fourth-order valence-corrected chi connectivity index (χ4v) is 2.16. The molecule has 0 unspecified atom stereocenters. The molecule has 0 atom stereocenters. The van der Waals surface area contributed by atoms with Crippen molar-refractivity contribution in [3.8, 4) is 5.75 Å². The van der Waals surface area contributed by atoms with E-state index in [9.17, 15) is 9.50 Å². The highest BCUT2D eigenvalue weighted by atomic mass is 19.1. The lowest BCUT2D eigenvalue weighted by Gasteiger charge is -2.01. The highest BCUT2D eigenvalue weighted by molar-refractivity contribution is 5.60. The van der Waals surface area contributed by atoms with E-state index in [-0.39, 0.29) is 17.5 Å². The zero-order valence-electron chi connectivity index (χ0n) is 12.2. The number of rotatable bonds is 3. The molecule has 1 N–H and O–H groups in total. The van der Waals surface area contributed by atoms with Crippen LogP contribution in [0.2, 0.25) is 0 Å². The fourth-order valence-electron chi connectivity index (χ4n) is 2.16. The van der Waals surface area contributed by atoms with Gasteiger partial charge in [-0.2, -0.15) is 0 Å². The number of azo groups is 1. The largest absolute Gasteiger partial charge is 0.504 e. The smallest absolute Gasteiger partial charge is 0.183 e. The summed E-state index contributed by atoms with van der Waals surface area (Å²) in [5.74, 6) is 0.459. The first kappa shape index (κ1) is 14.2. The van der Waals surface area contributed by atoms with E-state index >= 15 is 0 Å². The van der Waals surface area contributed by atoms with Crippen molar-refractivity contribution in [1.29, 1.82) is 0 Å². The van der Waals surface area contributed by atoms with Gasteiger partial charge in [0.1, 0.15) is 5.82 Å². The lowest BCUT2D eigenvalue weighted by molar-refractivity contribution is 0.477. The van der Waals surface area contributed by atoms with Gasteiger partial charge in [0.05, 0.1) is 11.4 Å². The van der Waals surface area contributed by atoms with Crippen molar-refractivity contribution in [2.75, 3.05) is 0 Å².